The van der Waals surface area contributed by atoms with Crippen LogP contribution in [0.4, 0.5) is 11.5 Å². The van der Waals surface area contributed by atoms with Gasteiger partial charge in [-0.1, -0.05) is 13.3 Å². The molecule has 0 spiro atoms. The molecule has 28 heavy (non-hydrogen) atoms. The lowest BCUT2D eigenvalue weighted by Gasteiger charge is -2.30. The third kappa shape index (κ3) is 3.99. The van der Waals surface area contributed by atoms with Crippen LogP contribution in [0.2, 0.25) is 0 Å². The Kier molecular flexibility index (Phi) is 6.23. The first-order chi connectivity index (χ1) is 13.5. The van der Waals surface area contributed by atoms with Crippen molar-refractivity contribution in [2.45, 2.75) is 46.2 Å². The summed E-state index contributed by atoms with van der Waals surface area (Å²) in [7, 11) is 0. The first kappa shape index (κ1) is 20.2. The van der Waals surface area contributed by atoms with Crippen LogP contribution in [0.1, 0.15) is 37.1 Å². The van der Waals surface area contributed by atoms with E-state index >= 15 is 0 Å². The number of fused-ring (bicyclic) bond motifs is 1. The van der Waals surface area contributed by atoms with Crippen molar-refractivity contribution in [1.82, 2.24) is 14.5 Å². The summed E-state index contributed by atoms with van der Waals surface area (Å²) in [5, 5.41) is 2.05. The Morgan fingerprint density at radius 3 is 2.86 bits per heavy atom. The number of nitrogens with zero attached hydrogens (tertiary/aromatic N) is 3. The zero-order valence-electron chi connectivity index (χ0n) is 16.4. The molecule has 3 N–H and O–H groups in total. The number of nitrogens with one attached hydrogen (secondary N) is 1. The van der Waals surface area contributed by atoms with Crippen molar-refractivity contribution in [2.24, 2.45) is 0 Å². The van der Waals surface area contributed by atoms with Crippen molar-refractivity contribution in [1.29, 1.82) is 0 Å². The molecular weight excluding hydrogens is 378 g/mol. The van der Waals surface area contributed by atoms with Gasteiger partial charge in [-0.15, -0.1) is 11.3 Å². The van der Waals surface area contributed by atoms with Crippen molar-refractivity contribution in [2.75, 3.05) is 30.3 Å². The summed E-state index contributed by atoms with van der Waals surface area (Å²) < 4.78 is 1.38. The summed E-state index contributed by atoms with van der Waals surface area (Å²) in [6, 6.07) is 2.06. The highest BCUT2D eigenvalue weighted by Crippen LogP contribution is 2.24. The number of H-pyrrole nitrogens is 1. The maximum atomic E-state index is 12.9. The normalized spacial score (nSPS) is 13.4. The minimum Gasteiger partial charge on any atom is -0.383 e. The number of likely N-dealkylation sites (N-methyl/N-ethyl adjacent to an activating group) is 1. The summed E-state index contributed by atoms with van der Waals surface area (Å²) in [6.45, 7) is 6.06. The van der Waals surface area contributed by atoms with E-state index in [1.165, 1.54) is 15.0 Å². The third-order valence-corrected chi connectivity index (χ3v) is 6.16. The Bertz CT molecular complexity index is 961. The lowest BCUT2D eigenvalue weighted by molar-refractivity contribution is -0.130. The van der Waals surface area contributed by atoms with E-state index in [1.54, 1.807) is 16.2 Å². The van der Waals surface area contributed by atoms with Crippen LogP contribution in [-0.4, -0.2) is 40.0 Å². The molecule has 8 nitrogen and oxygen atoms in total. The SMILES string of the molecule is CCCCn1c(N)c(N(CC)CC(=O)N2CCc3sccc3C2)c(=O)[nH]c1=O. The number of amides is 1. The fourth-order valence-corrected chi connectivity index (χ4v) is 4.38. The third-order valence-electron chi connectivity index (χ3n) is 5.13. The molecule has 3 rings (SSSR count). The number of nitrogen functional groups attached to an aromatic ring is 1. The fourth-order valence-electron chi connectivity index (χ4n) is 3.49. The summed E-state index contributed by atoms with van der Waals surface area (Å²) in [6.07, 6.45) is 2.53. The standard InChI is InChI=1S/C19H27N5O3S/c1-3-5-8-24-17(20)16(18(26)21-19(24)27)22(4-2)12-15(25)23-9-6-14-13(11-23)7-10-28-14/h7,10H,3-6,8-9,11-12,20H2,1-2H3,(H,21,26,27). The Labute approximate surface area is 167 Å². The van der Waals surface area contributed by atoms with Gasteiger partial charge in [-0.25, -0.2) is 4.79 Å². The lowest BCUT2D eigenvalue weighted by atomic mass is 10.1. The van der Waals surface area contributed by atoms with Crippen LogP contribution in [-0.2, 0) is 24.3 Å². The number of carbonyl (C=O) groups is 1. The van der Waals surface area contributed by atoms with E-state index in [0.717, 1.165) is 19.3 Å². The smallest absolute Gasteiger partial charge is 0.330 e. The van der Waals surface area contributed by atoms with Gasteiger partial charge < -0.3 is 15.5 Å². The summed E-state index contributed by atoms with van der Waals surface area (Å²) in [5.74, 6) is 0.0689. The molecule has 0 bridgehead atoms. The second-order valence-electron chi connectivity index (χ2n) is 6.95. The number of hydrogen-bond acceptors (Lipinski definition) is 6. The average Bonchev–Trinajstić information content (AvgIpc) is 3.14. The van der Waals surface area contributed by atoms with E-state index in [9.17, 15) is 14.4 Å². The second kappa shape index (κ2) is 8.64. The molecule has 1 aliphatic rings. The highest BCUT2D eigenvalue weighted by atomic mass is 32.1. The molecule has 0 aliphatic carbocycles. The second-order valence-corrected chi connectivity index (χ2v) is 7.95. The average molecular weight is 406 g/mol. The van der Waals surface area contributed by atoms with Crippen molar-refractivity contribution >= 4 is 28.7 Å². The molecule has 9 heteroatoms. The van der Waals surface area contributed by atoms with Gasteiger partial charge in [0.1, 0.15) is 11.5 Å². The Morgan fingerprint density at radius 1 is 1.36 bits per heavy atom. The molecule has 0 radical (unpaired) electrons. The van der Waals surface area contributed by atoms with Gasteiger partial charge in [-0.2, -0.15) is 0 Å². The summed E-state index contributed by atoms with van der Waals surface area (Å²) in [4.78, 5) is 44.6. The van der Waals surface area contributed by atoms with Crippen molar-refractivity contribution in [3.8, 4) is 0 Å². The molecule has 1 aliphatic heterocycles. The van der Waals surface area contributed by atoms with Gasteiger partial charge in [0.05, 0.1) is 6.54 Å². The van der Waals surface area contributed by atoms with Crippen LogP contribution >= 0.6 is 11.3 Å². The number of nitrogens with two attached hydrogens (primary N) is 1. The molecule has 0 aromatic carbocycles. The summed E-state index contributed by atoms with van der Waals surface area (Å²) >= 11 is 1.72. The molecular formula is C19H27N5O3S. The number of rotatable bonds is 7. The topological polar surface area (TPSA) is 104 Å². The number of aromatic amines is 1. The zero-order chi connectivity index (χ0) is 20.3. The van der Waals surface area contributed by atoms with E-state index in [-0.39, 0.29) is 24.0 Å². The van der Waals surface area contributed by atoms with E-state index in [1.807, 2.05) is 18.7 Å². The number of unbranched alkanes of at least 4 members (excludes halogenated alkanes) is 1. The Morgan fingerprint density at radius 2 is 2.14 bits per heavy atom. The largest absolute Gasteiger partial charge is 0.383 e. The maximum Gasteiger partial charge on any atom is 0.330 e. The van der Waals surface area contributed by atoms with Gasteiger partial charge in [0.2, 0.25) is 5.91 Å². The van der Waals surface area contributed by atoms with E-state index in [0.29, 0.717) is 26.2 Å². The molecule has 152 valence electrons. The molecule has 0 saturated heterocycles. The van der Waals surface area contributed by atoms with Gasteiger partial charge in [0.15, 0.2) is 0 Å². The molecule has 2 aromatic heterocycles. The highest BCUT2D eigenvalue weighted by molar-refractivity contribution is 7.10. The number of anilines is 2. The van der Waals surface area contributed by atoms with Crippen molar-refractivity contribution in [3.05, 3.63) is 42.7 Å². The number of hydrogen-bond donors (Lipinski definition) is 2. The monoisotopic (exact) mass is 405 g/mol. The van der Waals surface area contributed by atoms with E-state index in [2.05, 4.69) is 16.4 Å². The quantitative estimate of drug-likeness (QED) is 0.724. The van der Waals surface area contributed by atoms with Crippen LogP contribution in [0, 0.1) is 0 Å². The maximum absolute atomic E-state index is 12.9. The lowest BCUT2D eigenvalue weighted by Crippen LogP contribution is -2.45. The van der Waals surface area contributed by atoms with Gasteiger partial charge in [0.25, 0.3) is 5.56 Å². The van der Waals surface area contributed by atoms with Crippen LogP contribution in [0.15, 0.2) is 21.0 Å². The molecule has 0 atom stereocenters. The summed E-state index contributed by atoms with van der Waals surface area (Å²) in [5.41, 5.74) is 6.51. The minimum absolute atomic E-state index is 0.0508. The molecule has 0 unspecified atom stereocenters. The predicted octanol–water partition coefficient (Wildman–Crippen LogP) is 1.39. The van der Waals surface area contributed by atoms with Crippen LogP contribution < -0.4 is 21.9 Å². The molecule has 0 saturated carbocycles. The number of aromatic nitrogens is 2. The Balaban J connectivity index is 1.82. The molecule has 3 heterocycles. The minimum atomic E-state index is -0.552. The van der Waals surface area contributed by atoms with Crippen molar-refractivity contribution in [3.63, 3.8) is 0 Å². The van der Waals surface area contributed by atoms with Gasteiger partial charge >= 0.3 is 5.69 Å². The zero-order valence-corrected chi connectivity index (χ0v) is 17.2. The predicted molar refractivity (Wildman–Crippen MR) is 112 cm³/mol. The highest BCUT2D eigenvalue weighted by Gasteiger charge is 2.25. The number of carbonyl (C=O) groups excluding carboxylic acids is 1. The van der Waals surface area contributed by atoms with Gasteiger partial charge in [0, 0.05) is 31.1 Å². The van der Waals surface area contributed by atoms with Gasteiger partial charge in [-0.05, 0) is 36.8 Å². The fraction of sp³-hybridized carbons (Fsp3) is 0.526. The molecule has 2 aromatic rings. The van der Waals surface area contributed by atoms with Crippen LogP contribution in [0.25, 0.3) is 0 Å². The Hall–Kier alpha value is -2.55. The first-order valence-electron chi connectivity index (χ1n) is 9.66. The van der Waals surface area contributed by atoms with E-state index in [4.69, 9.17) is 5.73 Å². The van der Waals surface area contributed by atoms with Gasteiger partial charge in [-0.3, -0.25) is 19.1 Å². The van der Waals surface area contributed by atoms with Crippen LogP contribution in [0.5, 0.6) is 0 Å². The van der Waals surface area contributed by atoms with E-state index < -0.39 is 11.2 Å². The van der Waals surface area contributed by atoms with Crippen LogP contribution in [0.3, 0.4) is 0 Å². The molecule has 1 amide bonds. The van der Waals surface area contributed by atoms with Crippen molar-refractivity contribution < 1.29 is 4.79 Å². The molecule has 0 fully saturated rings. The number of thiophene rings is 1. The first-order valence-corrected chi connectivity index (χ1v) is 10.5.